The van der Waals surface area contributed by atoms with E-state index >= 15 is 24.0 Å². The highest BCUT2D eigenvalue weighted by Crippen LogP contribution is 2.62. The first-order chi connectivity index (χ1) is 38.0. The molecule has 21 nitrogen and oxygen atoms in total. The number of alkyl halides is 2. The molecular formula is C57H48Cl2N4O17. The standard InChI is InChI=1S/C57H48Cl2N4O17/c58-54(47(68)39(62)5-1-3-15-60,35-17-25(49(70)71)19-37-45(35)51(74)79-56(37)31-11-7-27(64)21-41(31)77-42-22-28(65)8-12-32(42)56)53(76)55(59,48(69)40(63)6-2-4-16-61)36-18-26(50(72)73)20-38-46(36)52(75)80-57(38)33-13-9-29(66)23-43(33)78-44-24-30(67)10-14-34(44)57/h7-14,17-24,39-40,64-67H,1-6,15-16,60-63H2,(H,70,71)(H,72,73)/t39-,40-,54?,55?/m0/s1. The van der Waals surface area contributed by atoms with Crippen molar-refractivity contribution in [1.29, 1.82) is 0 Å². The number of benzene rings is 6. The summed E-state index contributed by atoms with van der Waals surface area (Å²) in [6.07, 6.45) is 0.252. The normalized spacial score (nSPS) is 16.8. The summed E-state index contributed by atoms with van der Waals surface area (Å²) in [5, 5.41) is 64.4. The van der Waals surface area contributed by atoms with Gasteiger partial charge in [0.15, 0.2) is 38.3 Å². The Morgan fingerprint density at radius 2 is 0.800 bits per heavy atom. The number of phenols is 4. The second kappa shape index (κ2) is 20.0. The summed E-state index contributed by atoms with van der Waals surface area (Å²) in [6.45, 7) is 0.229. The third kappa shape index (κ3) is 8.17. The Balaban J connectivity index is 1.31. The lowest BCUT2D eigenvalue weighted by Gasteiger charge is -2.38. The molecule has 0 amide bonds. The molecule has 80 heavy (non-hydrogen) atoms. The van der Waals surface area contributed by atoms with E-state index in [4.69, 9.17) is 65.1 Å². The molecule has 0 saturated heterocycles. The van der Waals surface area contributed by atoms with Gasteiger partial charge in [0, 0.05) is 68.8 Å². The lowest BCUT2D eigenvalue weighted by molar-refractivity contribution is -0.137. The van der Waals surface area contributed by atoms with Gasteiger partial charge in [-0.3, -0.25) is 14.4 Å². The highest BCUT2D eigenvalue weighted by atomic mass is 35.5. The first kappa shape index (κ1) is 54.8. The number of carboxylic acid groups (broad SMARTS) is 2. The number of rotatable bonds is 18. The zero-order valence-corrected chi connectivity index (χ0v) is 43.3. The number of aromatic carboxylic acids is 2. The molecule has 4 heterocycles. The van der Waals surface area contributed by atoms with Gasteiger partial charge in [-0.1, -0.05) is 36.0 Å². The number of ether oxygens (including phenoxy) is 4. The number of hydrogen-bond acceptors (Lipinski definition) is 19. The van der Waals surface area contributed by atoms with Crippen LogP contribution in [0.2, 0.25) is 0 Å². The minimum absolute atomic E-state index is 0.0362. The molecule has 10 rings (SSSR count). The van der Waals surface area contributed by atoms with Crippen LogP contribution < -0.4 is 32.4 Å². The summed E-state index contributed by atoms with van der Waals surface area (Å²) in [6, 6.07) is 14.4. The lowest BCUT2D eigenvalue weighted by atomic mass is 9.69. The molecule has 6 aromatic carbocycles. The minimum Gasteiger partial charge on any atom is -0.508 e. The molecule has 0 fully saturated rings. The fourth-order valence-corrected chi connectivity index (χ4v) is 12.1. The van der Waals surface area contributed by atoms with Crippen molar-refractivity contribution in [2.45, 2.75) is 71.6 Å². The van der Waals surface area contributed by atoms with Crippen molar-refractivity contribution in [3.05, 3.63) is 164 Å². The molecule has 2 spiro atoms. The Morgan fingerprint density at radius 3 is 1.09 bits per heavy atom. The molecule has 0 aromatic heterocycles. The number of carbonyl (C=O) groups excluding carboxylic acids is 5. The Hall–Kier alpha value is -8.57. The van der Waals surface area contributed by atoms with E-state index in [-0.39, 0.29) is 131 Å². The van der Waals surface area contributed by atoms with Crippen LogP contribution in [-0.2, 0) is 44.8 Å². The third-order valence-corrected chi connectivity index (χ3v) is 16.0. The maximum Gasteiger partial charge on any atom is 0.340 e. The predicted octanol–water partition coefficient (Wildman–Crippen LogP) is 6.23. The number of nitrogens with two attached hydrogens (primary N) is 4. The van der Waals surface area contributed by atoms with Gasteiger partial charge >= 0.3 is 23.9 Å². The van der Waals surface area contributed by atoms with Crippen LogP contribution in [0.5, 0.6) is 46.0 Å². The molecule has 23 heteroatoms. The summed E-state index contributed by atoms with van der Waals surface area (Å²) in [4.78, 5) is 98.6. The van der Waals surface area contributed by atoms with E-state index in [0.717, 1.165) is 48.5 Å². The van der Waals surface area contributed by atoms with Crippen LogP contribution in [0, 0.1) is 0 Å². The lowest BCUT2D eigenvalue weighted by Crippen LogP contribution is -2.58. The predicted molar refractivity (Wildman–Crippen MR) is 282 cm³/mol. The molecule has 4 aliphatic rings. The van der Waals surface area contributed by atoms with E-state index < -0.39 is 108 Å². The van der Waals surface area contributed by atoms with Gasteiger partial charge in [-0.15, -0.1) is 0 Å². The molecule has 0 bridgehead atoms. The van der Waals surface area contributed by atoms with Gasteiger partial charge in [-0.25, -0.2) is 19.2 Å². The maximum absolute atomic E-state index is 16.9. The SMILES string of the molecule is NCCCC[C@H](N)C(=O)C(Cl)(C(=O)C(Cl)(C(=O)[C@@H](N)CCCCN)c1cc(C(=O)O)cc2c1C(=O)OC21c2ccc(O)cc2Oc2cc(O)ccc21)c1cc(C(=O)O)cc2c1C(=O)OC21c2ccc(O)cc2Oc2cc(O)ccc21. The Labute approximate surface area is 463 Å². The second-order valence-corrected chi connectivity index (χ2v) is 20.9. The molecule has 4 aliphatic heterocycles. The maximum atomic E-state index is 16.9. The van der Waals surface area contributed by atoms with Crippen molar-refractivity contribution in [1.82, 2.24) is 0 Å². The van der Waals surface area contributed by atoms with Crippen LogP contribution in [0.15, 0.2) is 97.1 Å². The van der Waals surface area contributed by atoms with Gasteiger partial charge in [0.1, 0.15) is 46.0 Å². The number of hydrogen-bond donors (Lipinski definition) is 10. The van der Waals surface area contributed by atoms with Crippen molar-refractivity contribution in [3.63, 3.8) is 0 Å². The summed E-state index contributed by atoms with van der Waals surface area (Å²) in [5.74, 6) is -13.0. The van der Waals surface area contributed by atoms with E-state index in [1.807, 2.05) is 0 Å². The van der Waals surface area contributed by atoms with Gasteiger partial charge in [-0.05, 0) is 112 Å². The Morgan fingerprint density at radius 1 is 0.487 bits per heavy atom. The summed E-state index contributed by atoms with van der Waals surface area (Å²) < 4.78 is 24.8. The van der Waals surface area contributed by atoms with E-state index in [2.05, 4.69) is 0 Å². The third-order valence-electron chi connectivity index (χ3n) is 14.9. The van der Waals surface area contributed by atoms with E-state index in [0.29, 0.717) is 0 Å². The van der Waals surface area contributed by atoms with Crippen LogP contribution >= 0.6 is 23.2 Å². The van der Waals surface area contributed by atoms with Crippen molar-refractivity contribution >= 4 is 64.4 Å². The van der Waals surface area contributed by atoms with Crippen LogP contribution in [0.4, 0.5) is 0 Å². The van der Waals surface area contributed by atoms with Gasteiger partial charge in [-0.2, -0.15) is 0 Å². The summed E-state index contributed by atoms with van der Waals surface area (Å²) in [7, 11) is 0. The molecule has 0 aliphatic carbocycles. The van der Waals surface area contributed by atoms with Crippen molar-refractivity contribution < 1.29 is 83.1 Å². The molecule has 14 N–H and O–H groups in total. The molecule has 4 atom stereocenters. The Bertz CT molecular complexity index is 3380. The zero-order valence-electron chi connectivity index (χ0n) is 41.8. The first-order valence-corrected chi connectivity index (χ1v) is 25.7. The van der Waals surface area contributed by atoms with Crippen molar-refractivity contribution in [3.8, 4) is 46.0 Å². The Kier molecular flexibility index (Phi) is 13.7. The topological polar surface area (TPSA) is 382 Å². The van der Waals surface area contributed by atoms with E-state index in [9.17, 15) is 40.2 Å². The smallest absolute Gasteiger partial charge is 0.340 e. The van der Waals surface area contributed by atoms with Crippen molar-refractivity contribution in [2.75, 3.05) is 13.1 Å². The van der Waals surface area contributed by atoms with Crippen LogP contribution in [0.3, 0.4) is 0 Å². The van der Waals surface area contributed by atoms with Crippen LogP contribution in [0.25, 0.3) is 0 Å². The quantitative estimate of drug-likeness (QED) is 0.0197. The molecule has 2 unspecified atom stereocenters. The molecule has 6 aromatic rings. The number of halogens is 2. The number of unbranched alkanes of at least 4 members (excludes halogenated alkanes) is 2. The van der Waals surface area contributed by atoms with Gasteiger partial charge in [0.05, 0.1) is 34.3 Å². The number of aromatic hydroxyl groups is 4. The van der Waals surface area contributed by atoms with E-state index in [1.54, 1.807) is 0 Å². The van der Waals surface area contributed by atoms with Gasteiger partial charge < -0.3 is 72.5 Å². The molecule has 0 saturated carbocycles. The number of fused-ring (bicyclic) bond motifs is 12. The number of ketones is 3. The highest BCUT2D eigenvalue weighted by molar-refractivity contribution is 6.58. The van der Waals surface area contributed by atoms with Crippen molar-refractivity contribution in [2.24, 2.45) is 22.9 Å². The fraction of sp³-hybridized carbons (Fsp3) is 0.246. The highest BCUT2D eigenvalue weighted by Gasteiger charge is 2.66. The molecular weight excluding hydrogens is 1080 g/mol. The second-order valence-electron chi connectivity index (χ2n) is 19.7. The molecule has 0 radical (unpaired) electrons. The van der Waals surface area contributed by atoms with Gasteiger partial charge in [0.25, 0.3) is 0 Å². The number of carboxylic acids is 2. The number of esters is 2. The zero-order chi connectivity index (χ0) is 57.5. The first-order valence-electron chi connectivity index (χ1n) is 24.9. The van der Waals surface area contributed by atoms with Crippen LogP contribution in [-0.4, -0.2) is 97.0 Å². The number of carbonyl (C=O) groups is 7. The largest absolute Gasteiger partial charge is 0.508 e. The number of Topliss-reactive ketones (excluding diaryl/α,β-unsaturated/α-hetero) is 3. The average molecular weight is 1130 g/mol. The fourth-order valence-electron chi connectivity index (χ4n) is 11.2. The van der Waals surface area contributed by atoms with E-state index in [1.165, 1.54) is 48.5 Å². The van der Waals surface area contributed by atoms with Gasteiger partial charge in [0.2, 0.25) is 0 Å². The minimum atomic E-state index is -3.63. The summed E-state index contributed by atoms with van der Waals surface area (Å²) >= 11 is 15.6. The number of phenolic OH excluding ortho intramolecular Hbond substituents is 4. The average Bonchev–Trinajstić information content (AvgIpc) is 3.69. The summed E-state index contributed by atoms with van der Waals surface area (Å²) in [5.41, 5.74) is 14.6. The van der Waals surface area contributed by atoms with Crippen LogP contribution in [0.1, 0.15) is 124 Å². The monoisotopic (exact) mass is 1130 g/mol. The molecule has 412 valence electrons.